The molecule has 0 aliphatic carbocycles. The van der Waals surface area contributed by atoms with E-state index in [4.69, 9.17) is 9.47 Å². The summed E-state index contributed by atoms with van der Waals surface area (Å²) in [6.07, 6.45) is 1.63. The van der Waals surface area contributed by atoms with Crippen molar-refractivity contribution in [1.82, 2.24) is 5.43 Å². The first-order valence-electron chi connectivity index (χ1n) is 11.1. The molecule has 34 heavy (non-hydrogen) atoms. The smallest absolute Gasteiger partial charge is 0.240 e. The van der Waals surface area contributed by atoms with Crippen LogP contribution in [0.15, 0.2) is 77.9 Å². The summed E-state index contributed by atoms with van der Waals surface area (Å²) in [5.41, 5.74) is 6.22. The van der Waals surface area contributed by atoms with Crippen LogP contribution in [-0.4, -0.2) is 24.6 Å². The molecule has 3 rings (SSSR count). The Morgan fingerprint density at radius 3 is 2.26 bits per heavy atom. The van der Waals surface area contributed by atoms with Crippen molar-refractivity contribution in [2.75, 3.05) is 11.9 Å². The van der Waals surface area contributed by atoms with Crippen molar-refractivity contribution < 1.29 is 19.1 Å². The number of nitrogens with one attached hydrogen (secondary N) is 2. The van der Waals surface area contributed by atoms with Crippen molar-refractivity contribution in [3.8, 4) is 11.5 Å². The van der Waals surface area contributed by atoms with Crippen LogP contribution in [0.4, 0.5) is 5.69 Å². The maximum Gasteiger partial charge on any atom is 0.240 e. The minimum atomic E-state index is -0.337. The zero-order chi connectivity index (χ0) is 24.2. The van der Waals surface area contributed by atoms with Gasteiger partial charge in [-0.05, 0) is 73.5 Å². The molecule has 0 spiro atoms. The fourth-order valence-electron chi connectivity index (χ4n) is 3.11. The molecule has 3 aromatic carbocycles. The SMILES string of the molecule is CCOc1ccc(NC(=O)CCC(=O)NN=Cc2ccc(OCc3cccc(C)c3)cc2)cc1. The van der Waals surface area contributed by atoms with Gasteiger partial charge in [-0.15, -0.1) is 0 Å². The van der Waals surface area contributed by atoms with Gasteiger partial charge in [0.25, 0.3) is 0 Å². The predicted molar refractivity (Wildman–Crippen MR) is 133 cm³/mol. The van der Waals surface area contributed by atoms with E-state index in [1.165, 1.54) is 5.56 Å². The number of hydrogen-bond donors (Lipinski definition) is 2. The Kier molecular flexibility index (Phi) is 9.22. The van der Waals surface area contributed by atoms with Gasteiger partial charge in [-0.1, -0.05) is 29.8 Å². The number of aryl methyl sites for hydroxylation is 1. The van der Waals surface area contributed by atoms with Gasteiger partial charge in [0, 0.05) is 18.5 Å². The molecule has 0 radical (unpaired) electrons. The van der Waals surface area contributed by atoms with Gasteiger partial charge in [-0.25, -0.2) is 5.43 Å². The lowest BCUT2D eigenvalue weighted by Gasteiger charge is -2.07. The molecule has 0 aliphatic rings. The van der Waals surface area contributed by atoms with E-state index in [1.807, 2.05) is 43.3 Å². The zero-order valence-electron chi connectivity index (χ0n) is 19.4. The van der Waals surface area contributed by atoms with E-state index >= 15 is 0 Å². The summed E-state index contributed by atoms with van der Waals surface area (Å²) in [7, 11) is 0. The average molecular weight is 460 g/mol. The van der Waals surface area contributed by atoms with E-state index in [1.54, 1.807) is 30.5 Å². The van der Waals surface area contributed by atoms with E-state index in [0.717, 1.165) is 22.6 Å². The van der Waals surface area contributed by atoms with E-state index in [0.29, 0.717) is 18.9 Å². The van der Waals surface area contributed by atoms with E-state index in [2.05, 4.69) is 34.9 Å². The van der Waals surface area contributed by atoms with Crippen LogP contribution in [0.3, 0.4) is 0 Å². The number of anilines is 1. The molecule has 0 saturated carbocycles. The number of rotatable bonds is 11. The second kappa shape index (κ2) is 12.8. The zero-order valence-corrected chi connectivity index (χ0v) is 19.4. The van der Waals surface area contributed by atoms with E-state index < -0.39 is 0 Å². The second-order valence-electron chi connectivity index (χ2n) is 7.65. The van der Waals surface area contributed by atoms with Gasteiger partial charge in [0.15, 0.2) is 0 Å². The first kappa shape index (κ1) is 24.5. The molecule has 0 aliphatic heterocycles. The van der Waals surface area contributed by atoms with Crippen molar-refractivity contribution in [1.29, 1.82) is 0 Å². The highest BCUT2D eigenvalue weighted by molar-refractivity contribution is 5.93. The lowest BCUT2D eigenvalue weighted by molar-refractivity contribution is -0.124. The number of ether oxygens (including phenoxy) is 2. The van der Waals surface area contributed by atoms with Gasteiger partial charge < -0.3 is 14.8 Å². The van der Waals surface area contributed by atoms with Gasteiger partial charge in [0.2, 0.25) is 11.8 Å². The number of carbonyl (C=O) groups is 2. The summed E-state index contributed by atoms with van der Waals surface area (Å²) in [4.78, 5) is 24.0. The first-order valence-corrected chi connectivity index (χ1v) is 11.1. The van der Waals surface area contributed by atoms with Gasteiger partial charge in [-0.2, -0.15) is 5.10 Å². The Morgan fingerprint density at radius 2 is 1.56 bits per heavy atom. The number of carbonyl (C=O) groups excluding carboxylic acids is 2. The fourth-order valence-corrected chi connectivity index (χ4v) is 3.11. The summed E-state index contributed by atoms with van der Waals surface area (Å²) in [6, 6.07) is 22.7. The third-order valence-corrected chi connectivity index (χ3v) is 4.80. The maximum absolute atomic E-state index is 12.0. The molecule has 176 valence electrons. The first-order chi connectivity index (χ1) is 16.5. The van der Waals surface area contributed by atoms with Gasteiger partial charge in [0.05, 0.1) is 12.8 Å². The minimum Gasteiger partial charge on any atom is -0.494 e. The molecule has 0 fully saturated rings. The van der Waals surface area contributed by atoms with E-state index in [9.17, 15) is 9.59 Å². The van der Waals surface area contributed by atoms with Crippen molar-refractivity contribution in [3.05, 3.63) is 89.5 Å². The van der Waals surface area contributed by atoms with Crippen LogP contribution in [0.25, 0.3) is 0 Å². The Bertz CT molecular complexity index is 1110. The van der Waals surface area contributed by atoms with Crippen molar-refractivity contribution >= 4 is 23.7 Å². The Hall–Kier alpha value is -4.13. The van der Waals surface area contributed by atoms with Crippen LogP contribution in [-0.2, 0) is 16.2 Å². The normalized spacial score (nSPS) is 10.6. The molecule has 2 amide bonds. The molecule has 3 aromatic rings. The third kappa shape index (κ3) is 8.43. The van der Waals surface area contributed by atoms with Crippen LogP contribution >= 0.6 is 0 Å². The lowest BCUT2D eigenvalue weighted by atomic mass is 10.1. The molecule has 2 N–H and O–H groups in total. The molecular formula is C27H29N3O4. The monoisotopic (exact) mass is 459 g/mol. The second-order valence-corrected chi connectivity index (χ2v) is 7.65. The summed E-state index contributed by atoms with van der Waals surface area (Å²) < 4.78 is 11.2. The lowest BCUT2D eigenvalue weighted by Crippen LogP contribution is -2.20. The highest BCUT2D eigenvalue weighted by Gasteiger charge is 2.07. The number of benzene rings is 3. The molecule has 0 bridgehead atoms. The predicted octanol–water partition coefficient (Wildman–Crippen LogP) is 4.84. The van der Waals surface area contributed by atoms with Crippen molar-refractivity contribution in [2.24, 2.45) is 5.10 Å². The molecule has 0 heterocycles. The third-order valence-electron chi connectivity index (χ3n) is 4.80. The van der Waals surface area contributed by atoms with E-state index in [-0.39, 0.29) is 24.7 Å². The van der Waals surface area contributed by atoms with Crippen molar-refractivity contribution in [2.45, 2.75) is 33.3 Å². The number of hydrazone groups is 1. The minimum absolute atomic E-state index is 0.0337. The number of nitrogens with zero attached hydrogens (tertiary/aromatic N) is 1. The molecule has 7 heteroatoms. The van der Waals surface area contributed by atoms with Gasteiger partial charge in [0.1, 0.15) is 18.1 Å². The largest absolute Gasteiger partial charge is 0.494 e. The van der Waals surface area contributed by atoms with Crippen LogP contribution in [0.1, 0.15) is 36.5 Å². The summed E-state index contributed by atoms with van der Waals surface area (Å²) in [6.45, 7) is 5.04. The van der Waals surface area contributed by atoms with Gasteiger partial charge >= 0.3 is 0 Å². The Balaban J connectivity index is 1.36. The molecule has 0 saturated heterocycles. The van der Waals surface area contributed by atoms with Crippen molar-refractivity contribution in [3.63, 3.8) is 0 Å². The highest BCUT2D eigenvalue weighted by atomic mass is 16.5. The fraction of sp³-hybridized carbons (Fsp3) is 0.222. The summed E-state index contributed by atoms with van der Waals surface area (Å²) in [5.74, 6) is 0.907. The summed E-state index contributed by atoms with van der Waals surface area (Å²) >= 11 is 0. The molecule has 7 nitrogen and oxygen atoms in total. The molecule has 0 aromatic heterocycles. The van der Waals surface area contributed by atoms with Crippen LogP contribution in [0.5, 0.6) is 11.5 Å². The summed E-state index contributed by atoms with van der Waals surface area (Å²) in [5, 5.41) is 6.71. The van der Waals surface area contributed by atoms with Gasteiger partial charge in [-0.3, -0.25) is 9.59 Å². The Morgan fingerprint density at radius 1 is 0.882 bits per heavy atom. The average Bonchev–Trinajstić information content (AvgIpc) is 2.84. The molecular weight excluding hydrogens is 430 g/mol. The quantitative estimate of drug-likeness (QED) is 0.317. The topological polar surface area (TPSA) is 89.0 Å². The highest BCUT2D eigenvalue weighted by Crippen LogP contribution is 2.16. The van der Waals surface area contributed by atoms with Crippen LogP contribution in [0, 0.1) is 6.92 Å². The standard InChI is InChI=1S/C27H29N3O4/c1-3-33-24-13-9-23(10-14-24)29-26(31)15-16-27(32)30-28-18-21-7-11-25(12-8-21)34-19-22-6-4-5-20(2)17-22/h4-14,17-18H,3,15-16,19H2,1-2H3,(H,29,31)(H,30,32). The molecule has 0 unspecified atom stereocenters. The van der Waals surface area contributed by atoms with Crippen LogP contribution < -0.4 is 20.2 Å². The maximum atomic E-state index is 12.0. The number of hydrogen-bond acceptors (Lipinski definition) is 5. The molecule has 0 atom stereocenters. The number of amides is 2. The van der Waals surface area contributed by atoms with Crippen LogP contribution in [0.2, 0.25) is 0 Å². The Labute approximate surface area is 199 Å².